The molecule has 0 saturated carbocycles. The Balaban J connectivity index is 1.75. The van der Waals surface area contributed by atoms with Crippen molar-refractivity contribution in [1.29, 1.82) is 0 Å². The molecule has 0 aromatic heterocycles. The highest BCUT2D eigenvalue weighted by Gasteiger charge is 2.42. The highest BCUT2D eigenvalue weighted by molar-refractivity contribution is 7.90. The maximum absolute atomic E-state index is 12.6. The van der Waals surface area contributed by atoms with Crippen molar-refractivity contribution in [3.8, 4) is 0 Å². The first kappa shape index (κ1) is 18.3. The zero-order valence-corrected chi connectivity index (χ0v) is 14.9. The third-order valence-electron chi connectivity index (χ3n) is 4.27. The molecule has 2 aliphatic rings. The van der Waals surface area contributed by atoms with E-state index in [0.29, 0.717) is 10.9 Å². The first-order chi connectivity index (χ1) is 12.3. The van der Waals surface area contributed by atoms with Gasteiger partial charge in [-0.3, -0.25) is 9.59 Å². The monoisotopic (exact) mass is 382 g/mol. The van der Waals surface area contributed by atoms with Gasteiger partial charge in [0.25, 0.3) is 15.9 Å². The number of nitrogens with one attached hydrogen (secondary N) is 1. The Hall–Kier alpha value is -2.46. The fourth-order valence-electron chi connectivity index (χ4n) is 2.90. The Morgan fingerprint density at radius 2 is 2.15 bits per heavy atom. The maximum Gasteiger partial charge on any atom is 0.337 e. The van der Waals surface area contributed by atoms with Gasteiger partial charge in [-0.1, -0.05) is 0 Å². The Morgan fingerprint density at radius 3 is 2.81 bits per heavy atom. The normalized spacial score (nSPS) is 20.7. The number of benzene rings is 1. The molecule has 26 heavy (non-hydrogen) atoms. The minimum Gasteiger partial charge on any atom is -0.465 e. The third-order valence-corrected chi connectivity index (χ3v) is 6.03. The van der Waals surface area contributed by atoms with Crippen LogP contribution in [0.4, 0.5) is 0 Å². The lowest BCUT2D eigenvalue weighted by atomic mass is 10.1. The van der Waals surface area contributed by atoms with Crippen molar-refractivity contribution < 1.29 is 32.3 Å². The summed E-state index contributed by atoms with van der Waals surface area (Å²) in [6.45, 7) is 0.272. The van der Waals surface area contributed by atoms with Gasteiger partial charge in [-0.25, -0.2) is 17.5 Å². The second-order valence-corrected chi connectivity index (χ2v) is 7.79. The van der Waals surface area contributed by atoms with E-state index in [4.69, 9.17) is 4.74 Å². The summed E-state index contributed by atoms with van der Waals surface area (Å²) in [6, 6.07) is 3.63. The van der Waals surface area contributed by atoms with Crippen LogP contribution in [-0.4, -0.2) is 63.4 Å². The standard InChI is InChI=1S/C16H18N2O7S/c1-24-16(21)10-4-5-12-13(7-10)26(22,23)18(15(12)20)9-14(19)17-8-11-3-2-6-25-11/h4-5,7,11H,2-3,6,8-9H2,1H3,(H,17,19)/t11-/m0/s1. The van der Waals surface area contributed by atoms with Crippen LogP contribution in [0.3, 0.4) is 0 Å². The molecular weight excluding hydrogens is 364 g/mol. The zero-order valence-electron chi connectivity index (χ0n) is 14.1. The van der Waals surface area contributed by atoms with Gasteiger partial charge in [-0.05, 0) is 31.0 Å². The number of esters is 1. The van der Waals surface area contributed by atoms with Crippen LogP contribution in [0.1, 0.15) is 33.6 Å². The summed E-state index contributed by atoms with van der Waals surface area (Å²) in [5, 5.41) is 2.58. The Bertz CT molecular complexity index is 859. The number of sulfonamides is 1. The van der Waals surface area contributed by atoms with Crippen molar-refractivity contribution in [2.45, 2.75) is 23.8 Å². The van der Waals surface area contributed by atoms with E-state index < -0.39 is 34.4 Å². The van der Waals surface area contributed by atoms with E-state index in [1.807, 2.05) is 0 Å². The van der Waals surface area contributed by atoms with Gasteiger partial charge in [0.15, 0.2) is 0 Å². The van der Waals surface area contributed by atoms with Crippen molar-refractivity contribution in [3.05, 3.63) is 29.3 Å². The molecule has 1 fully saturated rings. The third kappa shape index (κ3) is 3.29. The highest BCUT2D eigenvalue weighted by Crippen LogP contribution is 2.31. The number of ether oxygens (including phenoxy) is 2. The van der Waals surface area contributed by atoms with Gasteiger partial charge in [-0.2, -0.15) is 0 Å². The van der Waals surface area contributed by atoms with E-state index in [1.165, 1.54) is 19.2 Å². The van der Waals surface area contributed by atoms with Gasteiger partial charge in [0.1, 0.15) is 11.4 Å². The molecule has 0 unspecified atom stereocenters. The molecule has 2 aliphatic heterocycles. The number of rotatable bonds is 5. The number of hydrogen-bond donors (Lipinski definition) is 1. The average Bonchev–Trinajstić information content (AvgIpc) is 3.21. The lowest BCUT2D eigenvalue weighted by Gasteiger charge is -2.16. The number of carbonyl (C=O) groups is 3. The molecule has 0 spiro atoms. The number of hydrogen-bond acceptors (Lipinski definition) is 7. The van der Waals surface area contributed by atoms with Gasteiger partial charge >= 0.3 is 5.97 Å². The van der Waals surface area contributed by atoms with Gasteiger partial charge in [0, 0.05) is 13.2 Å². The zero-order chi connectivity index (χ0) is 18.9. The predicted octanol–water partition coefficient (Wildman–Crippen LogP) is -0.0871. The van der Waals surface area contributed by atoms with Gasteiger partial charge in [0.05, 0.1) is 24.3 Å². The van der Waals surface area contributed by atoms with E-state index in [-0.39, 0.29) is 28.7 Å². The molecule has 140 valence electrons. The summed E-state index contributed by atoms with van der Waals surface area (Å²) in [6.07, 6.45) is 1.64. The summed E-state index contributed by atoms with van der Waals surface area (Å²) in [4.78, 5) is 35.7. The number of fused-ring (bicyclic) bond motifs is 1. The minimum atomic E-state index is -4.21. The minimum absolute atomic E-state index is 0.00677. The molecule has 1 atom stereocenters. The van der Waals surface area contributed by atoms with E-state index in [2.05, 4.69) is 10.1 Å². The fourth-order valence-corrected chi connectivity index (χ4v) is 4.45. The molecule has 9 nitrogen and oxygen atoms in total. The Labute approximate surface area is 150 Å². The van der Waals surface area contributed by atoms with Crippen molar-refractivity contribution in [2.75, 3.05) is 26.8 Å². The van der Waals surface area contributed by atoms with Crippen molar-refractivity contribution in [1.82, 2.24) is 9.62 Å². The highest BCUT2D eigenvalue weighted by atomic mass is 32.2. The molecule has 1 aromatic rings. The van der Waals surface area contributed by atoms with E-state index in [1.54, 1.807) is 0 Å². The molecule has 10 heteroatoms. The van der Waals surface area contributed by atoms with Crippen LogP contribution < -0.4 is 5.32 Å². The van der Waals surface area contributed by atoms with Crippen molar-refractivity contribution >= 4 is 27.8 Å². The second kappa shape index (κ2) is 7.04. The number of carbonyl (C=O) groups excluding carboxylic acids is 3. The van der Waals surface area contributed by atoms with Crippen LogP contribution >= 0.6 is 0 Å². The molecule has 2 amide bonds. The van der Waals surface area contributed by atoms with E-state index in [9.17, 15) is 22.8 Å². The quantitative estimate of drug-likeness (QED) is 0.707. The summed E-state index contributed by atoms with van der Waals surface area (Å²) < 4.78 is 35.6. The van der Waals surface area contributed by atoms with E-state index in [0.717, 1.165) is 18.9 Å². The lowest BCUT2D eigenvalue weighted by molar-refractivity contribution is -0.121. The molecule has 0 radical (unpaired) electrons. The smallest absolute Gasteiger partial charge is 0.337 e. The summed E-state index contributed by atoms with van der Waals surface area (Å²) in [5.41, 5.74) is -0.0723. The lowest BCUT2D eigenvalue weighted by Crippen LogP contribution is -2.42. The van der Waals surface area contributed by atoms with Gasteiger partial charge in [-0.15, -0.1) is 0 Å². The number of methoxy groups -OCH3 is 1. The molecule has 3 rings (SSSR count). The number of nitrogens with zero attached hydrogens (tertiary/aromatic N) is 1. The van der Waals surface area contributed by atoms with Crippen molar-refractivity contribution in [2.24, 2.45) is 0 Å². The molecule has 2 heterocycles. The molecule has 1 aromatic carbocycles. The van der Waals surface area contributed by atoms with Crippen LogP contribution in [0.2, 0.25) is 0 Å². The van der Waals surface area contributed by atoms with Gasteiger partial charge < -0.3 is 14.8 Å². The SMILES string of the molecule is COC(=O)c1ccc2c(c1)S(=O)(=O)N(CC(=O)NC[C@@H]1CCCO1)C2=O. The van der Waals surface area contributed by atoms with Crippen LogP contribution in [0.5, 0.6) is 0 Å². The van der Waals surface area contributed by atoms with Gasteiger partial charge in [0.2, 0.25) is 5.91 Å². The molecule has 1 saturated heterocycles. The Morgan fingerprint density at radius 1 is 1.38 bits per heavy atom. The van der Waals surface area contributed by atoms with Crippen molar-refractivity contribution in [3.63, 3.8) is 0 Å². The first-order valence-corrected chi connectivity index (χ1v) is 9.46. The topological polar surface area (TPSA) is 119 Å². The fraction of sp³-hybridized carbons (Fsp3) is 0.438. The van der Waals surface area contributed by atoms with E-state index >= 15 is 0 Å². The second-order valence-electron chi connectivity index (χ2n) is 5.96. The van der Waals surface area contributed by atoms with Crippen LogP contribution in [-0.2, 0) is 24.3 Å². The number of amides is 2. The Kier molecular flexibility index (Phi) is 4.97. The first-order valence-electron chi connectivity index (χ1n) is 8.02. The van der Waals surface area contributed by atoms with Crippen LogP contribution in [0.15, 0.2) is 23.1 Å². The summed E-state index contributed by atoms with van der Waals surface area (Å²) in [5.74, 6) is -2.12. The average molecular weight is 382 g/mol. The predicted molar refractivity (Wildman–Crippen MR) is 88.0 cm³/mol. The molecule has 0 aliphatic carbocycles. The summed E-state index contributed by atoms with van der Waals surface area (Å²) in [7, 11) is -3.04. The molecule has 0 bridgehead atoms. The largest absolute Gasteiger partial charge is 0.465 e. The van der Waals surface area contributed by atoms with Crippen LogP contribution in [0.25, 0.3) is 0 Å². The molecule has 1 N–H and O–H groups in total. The molecular formula is C16H18N2O7S. The summed E-state index contributed by atoms with van der Waals surface area (Å²) >= 11 is 0. The maximum atomic E-state index is 12.6. The van der Waals surface area contributed by atoms with Crippen LogP contribution in [0, 0.1) is 0 Å².